The van der Waals surface area contributed by atoms with Crippen molar-refractivity contribution in [2.24, 2.45) is 17.8 Å². The van der Waals surface area contributed by atoms with Gasteiger partial charge in [-0.25, -0.2) is 0 Å². The molecular weight excluding hydrogens is 428 g/mol. The number of unbranched alkanes of at least 4 members (excludes halogenated alkanes) is 10. The topological polar surface area (TPSA) is 105 Å². The molecule has 0 saturated carbocycles. The predicted octanol–water partition coefficient (Wildman–Crippen LogP) is 4.62. The molecule has 0 radical (unpaired) electrons. The van der Waals surface area contributed by atoms with Gasteiger partial charge < -0.3 is 18.9 Å². The molecule has 0 rings (SSSR count). The highest BCUT2D eigenvalue weighted by Gasteiger charge is 2.45. The number of esters is 4. The number of carbonyl (C=O) groups is 4. The van der Waals surface area contributed by atoms with Gasteiger partial charge in [-0.2, -0.15) is 0 Å². The normalized spacial score (nSPS) is 13.5. The molecule has 0 aromatic rings. The van der Waals surface area contributed by atoms with Crippen LogP contribution in [0.4, 0.5) is 0 Å². The van der Waals surface area contributed by atoms with Gasteiger partial charge in [-0.3, -0.25) is 19.2 Å². The third kappa shape index (κ3) is 12.6. The molecule has 8 heteroatoms. The summed E-state index contributed by atoms with van der Waals surface area (Å²) < 4.78 is 19.3. The Morgan fingerprint density at radius 3 is 1.39 bits per heavy atom. The van der Waals surface area contributed by atoms with Crippen molar-refractivity contribution in [1.82, 2.24) is 0 Å². The zero-order valence-corrected chi connectivity index (χ0v) is 21.2. The molecule has 0 amide bonds. The molecule has 0 aromatic heterocycles. The highest BCUT2D eigenvalue weighted by atomic mass is 16.5. The minimum Gasteiger partial charge on any atom is -0.469 e. The maximum atomic E-state index is 12.6. The second kappa shape index (κ2) is 19.4. The van der Waals surface area contributed by atoms with E-state index in [1.807, 2.05) is 0 Å². The van der Waals surface area contributed by atoms with Crippen LogP contribution >= 0.6 is 0 Å². The lowest BCUT2D eigenvalue weighted by Gasteiger charge is -2.28. The van der Waals surface area contributed by atoms with Crippen LogP contribution in [0.2, 0.25) is 0 Å². The van der Waals surface area contributed by atoms with Crippen LogP contribution in [0.15, 0.2) is 0 Å². The number of methoxy groups -OCH3 is 4. The Kier molecular flexibility index (Phi) is 18.1. The van der Waals surface area contributed by atoms with Gasteiger partial charge in [-0.05, 0) is 6.42 Å². The Morgan fingerprint density at radius 2 is 0.970 bits per heavy atom. The van der Waals surface area contributed by atoms with E-state index in [-0.39, 0.29) is 0 Å². The molecule has 0 saturated heterocycles. The summed E-state index contributed by atoms with van der Waals surface area (Å²) in [6.45, 7) is 2.22. The summed E-state index contributed by atoms with van der Waals surface area (Å²) >= 11 is 0. The summed E-state index contributed by atoms with van der Waals surface area (Å²) in [5.74, 6) is -6.15. The molecule has 0 spiro atoms. The lowest BCUT2D eigenvalue weighted by molar-refractivity contribution is -0.168. The van der Waals surface area contributed by atoms with E-state index in [4.69, 9.17) is 14.2 Å². The van der Waals surface area contributed by atoms with Crippen molar-refractivity contribution in [2.45, 2.75) is 90.4 Å². The largest absolute Gasteiger partial charge is 0.469 e. The van der Waals surface area contributed by atoms with Gasteiger partial charge in [0, 0.05) is 0 Å². The van der Waals surface area contributed by atoms with E-state index >= 15 is 0 Å². The quantitative estimate of drug-likeness (QED) is 0.152. The fourth-order valence-corrected chi connectivity index (χ4v) is 4.14. The molecule has 0 aliphatic rings. The van der Waals surface area contributed by atoms with Crippen LogP contribution in [0, 0.1) is 17.8 Å². The standard InChI is InChI=1S/C25H44O8/c1-6-7-8-9-10-11-12-13-14-15-16-17-19(23(27)31-3)22(25(29)33-5)20(24(28)32-4)18-21(26)30-2/h19-20,22H,6-18H2,1-5H3. The molecule has 0 N–H and O–H groups in total. The van der Waals surface area contributed by atoms with Crippen molar-refractivity contribution in [1.29, 1.82) is 0 Å². The van der Waals surface area contributed by atoms with Gasteiger partial charge >= 0.3 is 23.9 Å². The van der Waals surface area contributed by atoms with Crippen molar-refractivity contribution < 1.29 is 38.1 Å². The van der Waals surface area contributed by atoms with Crippen LogP contribution in [-0.4, -0.2) is 52.3 Å². The first-order valence-corrected chi connectivity index (χ1v) is 12.2. The van der Waals surface area contributed by atoms with E-state index in [2.05, 4.69) is 11.7 Å². The highest BCUT2D eigenvalue weighted by Crippen LogP contribution is 2.32. The van der Waals surface area contributed by atoms with Crippen LogP contribution in [0.5, 0.6) is 0 Å². The van der Waals surface area contributed by atoms with Gasteiger partial charge in [-0.1, -0.05) is 77.6 Å². The number of rotatable bonds is 19. The Hall–Kier alpha value is -2.12. The van der Waals surface area contributed by atoms with Crippen molar-refractivity contribution in [3.8, 4) is 0 Å². The van der Waals surface area contributed by atoms with Gasteiger partial charge in [0.05, 0.1) is 52.6 Å². The molecule has 0 aromatic carbocycles. The first-order valence-electron chi connectivity index (χ1n) is 12.2. The minimum absolute atomic E-state index is 0.345. The summed E-state index contributed by atoms with van der Waals surface area (Å²) in [5.41, 5.74) is 0. The van der Waals surface area contributed by atoms with Crippen molar-refractivity contribution in [3.05, 3.63) is 0 Å². The summed E-state index contributed by atoms with van der Waals surface area (Å²) in [6.07, 6.45) is 12.6. The second-order valence-corrected chi connectivity index (χ2v) is 8.41. The molecule has 0 fully saturated rings. The molecule has 0 bridgehead atoms. The lowest BCUT2D eigenvalue weighted by Crippen LogP contribution is -2.41. The fourth-order valence-electron chi connectivity index (χ4n) is 4.14. The van der Waals surface area contributed by atoms with Crippen LogP contribution in [0.1, 0.15) is 90.4 Å². The van der Waals surface area contributed by atoms with Crippen LogP contribution < -0.4 is 0 Å². The molecule has 0 heterocycles. The zero-order chi connectivity index (χ0) is 25.1. The number of carbonyl (C=O) groups excluding carboxylic acids is 4. The van der Waals surface area contributed by atoms with E-state index in [1.54, 1.807) is 0 Å². The van der Waals surface area contributed by atoms with E-state index in [0.717, 1.165) is 26.4 Å². The first-order chi connectivity index (χ1) is 15.9. The molecular formula is C25H44O8. The van der Waals surface area contributed by atoms with Crippen molar-refractivity contribution in [2.75, 3.05) is 28.4 Å². The minimum atomic E-state index is -1.20. The Labute approximate surface area is 199 Å². The van der Waals surface area contributed by atoms with Crippen molar-refractivity contribution in [3.63, 3.8) is 0 Å². The van der Waals surface area contributed by atoms with Crippen molar-refractivity contribution >= 4 is 23.9 Å². The molecule has 0 aliphatic carbocycles. The Balaban J connectivity index is 4.98. The maximum Gasteiger partial charge on any atom is 0.310 e. The number of hydrogen-bond acceptors (Lipinski definition) is 8. The smallest absolute Gasteiger partial charge is 0.310 e. The Bertz CT molecular complexity index is 575. The first kappa shape index (κ1) is 30.9. The van der Waals surface area contributed by atoms with Crippen LogP contribution in [0.25, 0.3) is 0 Å². The Morgan fingerprint density at radius 1 is 0.545 bits per heavy atom. The molecule has 33 heavy (non-hydrogen) atoms. The average molecular weight is 473 g/mol. The lowest BCUT2D eigenvalue weighted by atomic mass is 9.77. The third-order valence-electron chi connectivity index (χ3n) is 6.08. The summed E-state index contributed by atoms with van der Waals surface area (Å²) in [6, 6.07) is 0. The average Bonchev–Trinajstić information content (AvgIpc) is 2.83. The summed E-state index contributed by atoms with van der Waals surface area (Å²) in [4.78, 5) is 49.5. The van der Waals surface area contributed by atoms with Gasteiger partial charge in [0.2, 0.25) is 0 Å². The maximum absolute atomic E-state index is 12.6. The molecule has 8 nitrogen and oxygen atoms in total. The van der Waals surface area contributed by atoms with Crippen LogP contribution in [-0.2, 0) is 38.1 Å². The third-order valence-corrected chi connectivity index (χ3v) is 6.08. The monoisotopic (exact) mass is 472 g/mol. The molecule has 3 atom stereocenters. The number of hydrogen-bond donors (Lipinski definition) is 0. The second-order valence-electron chi connectivity index (χ2n) is 8.41. The van der Waals surface area contributed by atoms with Crippen LogP contribution in [0.3, 0.4) is 0 Å². The SMILES string of the molecule is CCCCCCCCCCCCCC(C(=O)OC)C(C(=O)OC)C(CC(=O)OC)C(=O)OC. The predicted molar refractivity (Wildman–Crippen MR) is 124 cm³/mol. The van der Waals surface area contributed by atoms with E-state index in [0.29, 0.717) is 12.8 Å². The highest BCUT2D eigenvalue weighted by molar-refractivity contribution is 5.89. The van der Waals surface area contributed by atoms with E-state index < -0.39 is 48.1 Å². The van der Waals surface area contributed by atoms with E-state index in [9.17, 15) is 19.2 Å². The van der Waals surface area contributed by atoms with Gasteiger partial charge in [0.25, 0.3) is 0 Å². The summed E-state index contributed by atoms with van der Waals surface area (Å²) in [7, 11) is 4.76. The van der Waals surface area contributed by atoms with Gasteiger partial charge in [0.1, 0.15) is 0 Å². The summed E-state index contributed by atoms with van der Waals surface area (Å²) in [5, 5.41) is 0. The number of ether oxygens (including phenoxy) is 4. The van der Waals surface area contributed by atoms with E-state index in [1.165, 1.54) is 66.3 Å². The molecule has 192 valence electrons. The molecule has 3 unspecified atom stereocenters. The molecule has 0 aliphatic heterocycles. The van der Waals surface area contributed by atoms with Gasteiger partial charge in [0.15, 0.2) is 0 Å². The zero-order valence-electron chi connectivity index (χ0n) is 21.2. The van der Waals surface area contributed by atoms with Gasteiger partial charge in [-0.15, -0.1) is 0 Å². The fraction of sp³-hybridized carbons (Fsp3) is 0.840.